The number of nitrogens with zero attached hydrogens (tertiary/aromatic N) is 2. The van der Waals surface area contributed by atoms with Crippen LogP contribution >= 0.6 is 0 Å². The number of unbranched alkanes of at least 4 members (excludes halogenated alkanes) is 1. The number of carbonyl (C=O) groups excluding carboxylic acids is 1. The molecule has 1 amide bonds. The van der Waals surface area contributed by atoms with Crippen molar-refractivity contribution < 1.29 is 15.0 Å². The second-order valence-corrected chi connectivity index (χ2v) is 5.45. The van der Waals surface area contributed by atoms with Gasteiger partial charge in [0.25, 0.3) is 5.91 Å². The number of benzene rings is 2. The van der Waals surface area contributed by atoms with Crippen LogP contribution in [0.5, 0.6) is 11.5 Å². The fraction of sp³-hybridized carbons (Fsp3) is 0.211. The molecule has 0 aliphatic heterocycles. The average molecular weight is 335 g/mol. The standard InChI is InChI=1S/C19H17N3O3/c1-2-3-8-22-19(25)13-6-4-12(5-7-13)17-14(10-20)9-16(23)18(24)15(17)11-21/h4-7,9,23-24H,2-3,8H2,1H3,(H,22,25). The van der Waals surface area contributed by atoms with Gasteiger partial charge in [-0.25, -0.2) is 0 Å². The highest BCUT2D eigenvalue weighted by Gasteiger charge is 2.19. The summed E-state index contributed by atoms with van der Waals surface area (Å²) < 4.78 is 0. The number of amides is 1. The van der Waals surface area contributed by atoms with Crippen LogP contribution in [0.25, 0.3) is 11.1 Å². The third kappa shape index (κ3) is 3.70. The van der Waals surface area contributed by atoms with E-state index in [9.17, 15) is 25.5 Å². The van der Waals surface area contributed by atoms with Crippen molar-refractivity contribution in [1.29, 1.82) is 10.5 Å². The van der Waals surface area contributed by atoms with Gasteiger partial charge in [-0.05, 0) is 24.1 Å². The van der Waals surface area contributed by atoms with E-state index in [4.69, 9.17) is 0 Å². The lowest BCUT2D eigenvalue weighted by atomic mass is 9.93. The maximum absolute atomic E-state index is 12.0. The van der Waals surface area contributed by atoms with Crippen molar-refractivity contribution in [2.24, 2.45) is 0 Å². The second-order valence-electron chi connectivity index (χ2n) is 5.45. The van der Waals surface area contributed by atoms with E-state index in [0.29, 0.717) is 17.7 Å². The van der Waals surface area contributed by atoms with E-state index < -0.39 is 11.5 Å². The molecule has 0 heterocycles. The Balaban J connectivity index is 2.41. The fourth-order valence-corrected chi connectivity index (χ4v) is 2.42. The van der Waals surface area contributed by atoms with E-state index in [1.165, 1.54) is 0 Å². The smallest absolute Gasteiger partial charge is 0.251 e. The van der Waals surface area contributed by atoms with Crippen LogP contribution in [0.1, 0.15) is 41.3 Å². The SMILES string of the molecule is CCCCNC(=O)c1ccc(-c2c(C#N)cc(O)c(O)c2C#N)cc1. The van der Waals surface area contributed by atoms with Crippen LogP contribution in [0.4, 0.5) is 0 Å². The minimum absolute atomic E-state index is 0.0620. The van der Waals surface area contributed by atoms with E-state index in [-0.39, 0.29) is 22.6 Å². The van der Waals surface area contributed by atoms with Gasteiger partial charge >= 0.3 is 0 Å². The Labute approximate surface area is 145 Å². The number of nitrogens with one attached hydrogen (secondary N) is 1. The molecule has 0 bridgehead atoms. The van der Waals surface area contributed by atoms with Gasteiger partial charge < -0.3 is 15.5 Å². The largest absolute Gasteiger partial charge is 0.504 e. The van der Waals surface area contributed by atoms with Gasteiger partial charge in [-0.15, -0.1) is 0 Å². The Morgan fingerprint density at radius 3 is 2.40 bits per heavy atom. The Kier molecular flexibility index (Phi) is 5.60. The van der Waals surface area contributed by atoms with E-state index >= 15 is 0 Å². The first-order valence-electron chi connectivity index (χ1n) is 7.81. The molecule has 0 unspecified atom stereocenters. The molecular weight excluding hydrogens is 318 g/mol. The van der Waals surface area contributed by atoms with E-state index in [1.54, 1.807) is 24.3 Å². The van der Waals surface area contributed by atoms with Crippen molar-refractivity contribution in [2.75, 3.05) is 6.54 Å². The molecule has 6 nitrogen and oxygen atoms in total. The summed E-state index contributed by atoms with van der Waals surface area (Å²) in [7, 11) is 0. The van der Waals surface area contributed by atoms with Gasteiger partial charge in [-0.1, -0.05) is 25.5 Å². The quantitative estimate of drug-likeness (QED) is 0.573. The summed E-state index contributed by atoms with van der Waals surface area (Å²) in [6.45, 7) is 2.63. The highest BCUT2D eigenvalue weighted by Crippen LogP contribution is 2.39. The number of aromatic hydroxyl groups is 2. The molecule has 0 saturated carbocycles. The minimum atomic E-state index is -0.571. The monoisotopic (exact) mass is 335 g/mol. The third-order valence-corrected chi connectivity index (χ3v) is 3.76. The molecule has 6 heteroatoms. The first-order valence-corrected chi connectivity index (χ1v) is 7.81. The minimum Gasteiger partial charge on any atom is -0.504 e. The lowest BCUT2D eigenvalue weighted by Gasteiger charge is -2.11. The Morgan fingerprint density at radius 2 is 1.84 bits per heavy atom. The van der Waals surface area contributed by atoms with Crippen LogP contribution in [0.2, 0.25) is 0 Å². The molecule has 0 radical (unpaired) electrons. The number of rotatable bonds is 5. The molecule has 2 aromatic rings. The van der Waals surface area contributed by atoms with Gasteiger partial charge in [0, 0.05) is 23.7 Å². The van der Waals surface area contributed by atoms with Crippen LogP contribution in [0, 0.1) is 22.7 Å². The summed E-state index contributed by atoms with van der Waals surface area (Å²) in [5.74, 6) is -1.30. The van der Waals surface area contributed by atoms with Crippen LogP contribution in [-0.2, 0) is 0 Å². The van der Waals surface area contributed by atoms with E-state index in [0.717, 1.165) is 18.9 Å². The predicted molar refractivity (Wildman–Crippen MR) is 91.9 cm³/mol. The molecule has 0 spiro atoms. The lowest BCUT2D eigenvalue weighted by Crippen LogP contribution is -2.24. The first kappa shape index (κ1) is 17.8. The number of phenolic OH excluding ortho intramolecular Hbond substituents is 2. The van der Waals surface area contributed by atoms with Gasteiger partial charge in [0.1, 0.15) is 11.6 Å². The zero-order chi connectivity index (χ0) is 18.4. The number of carbonyl (C=O) groups is 1. The molecular formula is C19H17N3O3. The van der Waals surface area contributed by atoms with E-state index in [1.807, 2.05) is 19.1 Å². The van der Waals surface area contributed by atoms with Crippen molar-refractivity contribution in [1.82, 2.24) is 5.32 Å². The van der Waals surface area contributed by atoms with Gasteiger partial charge in [0.15, 0.2) is 11.5 Å². The average Bonchev–Trinajstić information content (AvgIpc) is 2.63. The van der Waals surface area contributed by atoms with Crippen molar-refractivity contribution in [2.45, 2.75) is 19.8 Å². The van der Waals surface area contributed by atoms with Crippen LogP contribution in [0.3, 0.4) is 0 Å². The molecule has 0 aliphatic rings. The first-order chi connectivity index (χ1) is 12.0. The highest BCUT2D eigenvalue weighted by molar-refractivity contribution is 5.95. The normalized spacial score (nSPS) is 9.88. The molecule has 2 rings (SSSR count). The topological polar surface area (TPSA) is 117 Å². The van der Waals surface area contributed by atoms with Crippen molar-refractivity contribution in [3.63, 3.8) is 0 Å². The van der Waals surface area contributed by atoms with Gasteiger partial charge in [0.2, 0.25) is 0 Å². The lowest BCUT2D eigenvalue weighted by molar-refractivity contribution is 0.0953. The Hall–Kier alpha value is -3.51. The summed E-state index contributed by atoms with van der Waals surface area (Å²) in [4.78, 5) is 12.0. The summed E-state index contributed by atoms with van der Waals surface area (Å²) in [5, 5.41) is 40.8. The number of phenols is 2. The summed E-state index contributed by atoms with van der Waals surface area (Å²) in [6, 6.07) is 11.2. The third-order valence-electron chi connectivity index (χ3n) is 3.76. The van der Waals surface area contributed by atoms with Crippen molar-refractivity contribution in [3.8, 4) is 34.8 Å². The van der Waals surface area contributed by atoms with Gasteiger partial charge in [-0.3, -0.25) is 4.79 Å². The number of hydrogen-bond acceptors (Lipinski definition) is 5. The Morgan fingerprint density at radius 1 is 1.16 bits per heavy atom. The molecule has 0 fully saturated rings. The van der Waals surface area contributed by atoms with Gasteiger partial charge in [0.05, 0.1) is 11.6 Å². The predicted octanol–water partition coefficient (Wildman–Crippen LogP) is 3.04. The maximum Gasteiger partial charge on any atom is 0.251 e. The fourth-order valence-electron chi connectivity index (χ4n) is 2.42. The van der Waals surface area contributed by atoms with E-state index in [2.05, 4.69) is 5.32 Å². The molecule has 0 saturated heterocycles. The van der Waals surface area contributed by atoms with Crippen LogP contribution in [-0.4, -0.2) is 22.7 Å². The molecule has 126 valence electrons. The molecule has 3 N–H and O–H groups in total. The van der Waals surface area contributed by atoms with Crippen LogP contribution < -0.4 is 5.32 Å². The van der Waals surface area contributed by atoms with Gasteiger partial charge in [-0.2, -0.15) is 10.5 Å². The zero-order valence-corrected chi connectivity index (χ0v) is 13.7. The maximum atomic E-state index is 12.0. The molecule has 25 heavy (non-hydrogen) atoms. The van der Waals surface area contributed by atoms with Crippen molar-refractivity contribution >= 4 is 5.91 Å². The van der Waals surface area contributed by atoms with Crippen molar-refractivity contribution in [3.05, 3.63) is 47.0 Å². The molecule has 2 aromatic carbocycles. The summed E-state index contributed by atoms with van der Waals surface area (Å²) in [6.07, 6.45) is 1.88. The number of nitriles is 2. The molecule has 0 aromatic heterocycles. The zero-order valence-electron chi connectivity index (χ0n) is 13.7. The molecule has 0 atom stereocenters. The molecule has 0 aliphatic carbocycles. The Bertz CT molecular complexity index is 875. The second kappa shape index (κ2) is 7.85. The number of hydrogen-bond donors (Lipinski definition) is 3. The van der Waals surface area contributed by atoms with Crippen LogP contribution in [0.15, 0.2) is 30.3 Å². The summed E-state index contributed by atoms with van der Waals surface area (Å²) >= 11 is 0. The highest BCUT2D eigenvalue weighted by atomic mass is 16.3. The summed E-state index contributed by atoms with van der Waals surface area (Å²) in [5.41, 5.74) is 1.05.